The molecule has 3 aromatic rings. The van der Waals surface area contributed by atoms with E-state index in [1.165, 1.54) is 31.0 Å². The number of aryl methyl sites for hydroxylation is 1. The number of imidazole rings is 1. The molecule has 1 atom stereocenters. The number of benzene rings is 2. The van der Waals surface area contributed by atoms with Gasteiger partial charge in [0.25, 0.3) is 0 Å². The van der Waals surface area contributed by atoms with Gasteiger partial charge in [0.1, 0.15) is 11.4 Å². The minimum absolute atomic E-state index is 0.0660. The van der Waals surface area contributed by atoms with Crippen LogP contribution in [0.4, 0.5) is 17.6 Å². The average Bonchev–Trinajstić information content (AvgIpc) is 2.99. The number of rotatable bonds is 2. The number of alkyl halides is 3. The number of hydrogen-bond donors (Lipinski definition) is 2. The summed E-state index contributed by atoms with van der Waals surface area (Å²) in [7, 11) is 1.72. The van der Waals surface area contributed by atoms with Crippen molar-refractivity contribution in [1.82, 2.24) is 19.2 Å². The molecule has 0 aliphatic carbocycles. The van der Waals surface area contributed by atoms with Crippen LogP contribution in [-0.2, 0) is 11.7 Å². The maximum Gasteiger partial charge on any atom is 0.419 e. The lowest BCUT2D eigenvalue weighted by Crippen LogP contribution is -2.54. The highest BCUT2D eigenvalue weighted by atomic mass is 35.5. The van der Waals surface area contributed by atoms with Crippen molar-refractivity contribution in [1.29, 1.82) is 5.41 Å². The summed E-state index contributed by atoms with van der Waals surface area (Å²) in [6.07, 6.45) is -4.75. The predicted molar refractivity (Wildman–Crippen MR) is 114 cm³/mol. The van der Waals surface area contributed by atoms with Crippen molar-refractivity contribution < 1.29 is 17.6 Å². The van der Waals surface area contributed by atoms with E-state index in [2.05, 4.69) is 10.3 Å². The minimum atomic E-state index is -4.75. The van der Waals surface area contributed by atoms with Crippen molar-refractivity contribution in [3.63, 3.8) is 0 Å². The first-order chi connectivity index (χ1) is 14.4. The largest absolute Gasteiger partial charge is 0.419 e. The topological polar surface area (TPSA) is 56.9 Å². The molecule has 0 unspecified atom stereocenters. The van der Waals surface area contributed by atoms with Gasteiger partial charge in [-0.15, -0.1) is 0 Å². The molecule has 1 aliphatic heterocycles. The lowest BCUT2D eigenvalue weighted by atomic mass is 9.92. The van der Waals surface area contributed by atoms with Gasteiger partial charge < -0.3 is 5.32 Å². The fourth-order valence-corrected chi connectivity index (χ4v) is 4.87. The summed E-state index contributed by atoms with van der Waals surface area (Å²) in [5, 5.41) is 10.6. The van der Waals surface area contributed by atoms with E-state index in [9.17, 15) is 13.2 Å². The van der Waals surface area contributed by atoms with Gasteiger partial charge in [-0.05, 0) is 44.0 Å². The van der Waals surface area contributed by atoms with Gasteiger partial charge in [-0.3, -0.25) is 14.3 Å². The second-order valence-electron chi connectivity index (χ2n) is 7.50. The first-order valence-corrected chi connectivity index (χ1v) is 10.5. The molecule has 0 radical (unpaired) electrons. The van der Waals surface area contributed by atoms with E-state index >= 15 is 4.39 Å². The molecule has 2 aromatic carbocycles. The van der Waals surface area contributed by atoms with E-state index < -0.39 is 28.1 Å². The van der Waals surface area contributed by atoms with Gasteiger partial charge in [-0.25, -0.2) is 9.37 Å². The molecule has 0 saturated carbocycles. The Morgan fingerprint density at radius 3 is 2.61 bits per heavy atom. The SMILES string of the molecule is Cc1nc2ccc(Cl)c(C(F)(F)F)c2n1-c1cccc([C@]2(C)CSN(C)C(=N)N2)c1F. The van der Waals surface area contributed by atoms with E-state index in [1.807, 2.05) is 0 Å². The van der Waals surface area contributed by atoms with Crippen LogP contribution in [0.25, 0.3) is 16.7 Å². The Morgan fingerprint density at radius 2 is 1.97 bits per heavy atom. The fourth-order valence-electron chi connectivity index (χ4n) is 3.75. The van der Waals surface area contributed by atoms with Crippen LogP contribution in [0.3, 0.4) is 0 Å². The molecule has 164 valence electrons. The van der Waals surface area contributed by atoms with Crippen molar-refractivity contribution in [3.05, 3.63) is 58.1 Å². The molecule has 1 aliphatic rings. The molecule has 4 rings (SSSR count). The molecule has 0 amide bonds. The van der Waals surface area contributed by atoms with E-state index in [4.69, 9.17) is 17.0 Å². The summed E-state index contributed by atoms with van der Waals surface area (Å²) in [6.45, 7) is 3.27. The van der Waals surface area contributed by atoms with Gasteiger partial charge in [0.15, 0.2) is 5.82 Å². The number of hydrogen-bond acceptors (Lipinski definition) is 3. The highest BCUT2D eigenvalue weighted by molar-refractivity contribution is 7.97. The van der Waals surface area contributed by atoms with E-state index in [0.29, 0.717) is 5.75 Å². The van der Waals surface area contributed by atoms with E-state index in [0.717, 1.165) is 10.6 Å². The summed E-state index contributed by atoms with van der Waals surface area (Å²) < 4.78 is 60.1. The molecule has 1 fully saturated rings. The number of halogens is 5. The van der Waals surface area contributed by atoms with Gasteiger partial charge in [-0.1, -0.05) is 23.7 Å². The molecule has 5 nitrogen and oxygen atoms in total. The van der Waals surface area contributed by atoms with Crippen LogP contribution in [0, 0.1) is 18.2 Å². The fraction of sp³-hybridized carbons (Fsp3) is 0.300. The summed E-state index contributed by atoms with van der Waals surface area (Å²) in [4.78, 5) is 4.20. The third kappa shape index (κ3) is 3.51. The number of fused-ring (bicyclic) bond motifs is 1. The third-order valence-electron chi connectivity index (χ3n) is 5.29. The minimum Gasteiger partial charge on any atom is -0.345 e. The van der Waals surface area contributed by atoms with Crippen molar-refractivity contribution in [2.45, 2.75) is 25.6 Å². The Bertz CT molecular complexity index is 1210. The first kappa shape index (κ1) is 21.8. The summed E-state index contributed by atoms with van der Waals surface area (Å²) in [6, 6.07) is 7.08. The smallest absolute Gasteiger partial charge is 0.345 e. The number of aromatic nitrogens is 2. The van der Waals surface area contributed by atoms with Gasteiger partial charge >= 0.3 is 6.18 Å². The zero-order valence-electron chi connectivity index (χ0n) is 16.7. The third-order valence-corrected chi connectivity index (χ3v) is 6.88. The first-order valence-electron chi connectivity index (χ1n) is 9.21. The second kappa shape index (κ2) is 7.30. The van der Waals surface area contributed by atoms with E-state index in [-0.39, 0.29) is 34.1 Å². The zero-order chi connectivity index (χ0) is 22.7. The molecule has 1 saturated heterocycles. The molecule has 11 heteroatoms. The Kier molecular flexibility index (Phi) is 5.13. The highest BCUT2D eigenvalue weighted by Crippen LogP contribution is 2.42. The van der Waals surface area contributed by atoms with Crippen LogP contribution >= 0.6 is 23.5 Å². The highest BCUT2D eigenvalue weighted by Gasteiger charge is 2.39. The van der Waals surface area contributed by atoms with Crippen molar-refractivity contribution in [2.75, 3.05) is 12.8 Å². The lowest BCUT2D eigenvalue weighted by molar-refractivity contribution is -0.136. The Balaban J connectivity index is 1.97. The van der Waals surface area contributed by atoms with Crippen molar-refractivity contribution in [3.8, 4) is 5.69 Å². The van der Waals surface area contributed by atoms with E-state index in [1.54, 1.807) is 30.4 Å². The van der Waals surface area contributed by atoms with Crippen molar-refractivity contribution in [2.24, 2.45) is 0 Å². The maximum absolute atomic E-state index is 15.8. The maximum atomic E-state index is 15.8. The molecule has 2 heterocycles. The van der Waals surface area contributed by atoms with Gasteiger partial charge in [-0.2, -0.15) is 13.2 Å². The Hall–Kier alpha value is -2.46. The van der Waals surface area contributed by atoms with Crippen LogP contribution in [-0.4, -0.2) is 32.6 Å². The van der Waals surface area contributed by atoms with Crippen LogP contribution in [0.2, 0.25) is 5.02 Å². The van der Waals surface area contributed by atoms with Crippen molar-refractivity contribution >= 4 is 40.5 Å². The summed E-state index contributed by atoms with van der Waals surface area (Å²) >= 11 is 7.25. The molecular weight excluding hydrogens is 454 g/mol. The zero-order valence-corrected chi connectivity index (χ0v) is 18.3. The molecule has 31 heavy (non-hydrogen) atoms. The van der Waals surface area contributed by atoms with Gasteiger partial charge in [0.2, 0.25) is 5.96 Å². The van der Waals surface area contributed by atoms with Crippen LogP contribution in [0.15, 0.2) is 30.3 Å². The molecule has 1 aromatic heterocycles. The standard InChI is InChI=1S/C20H18ClF4N5S/c1-10-27-13-8-7-12(21)15(20(23,24)25)17(13)30(10)14-6-4-5-11(16(14)22)19(2)9-31-29(3)18(26)28-19/h4-8H,9H2,1-3H3,(H2,26,28)/t19-/m0/s1. The molecule has 0 bridgehead atoms. The monoisotopic (exact) mass is 471 g/mol. The number of guanidine groups is 1. The van der Waals surface area contributed by atoms with Crippen LogP contribution in [0.5, 0.6) is 0 Å². The number of nitrogens with zero attached hydrogens (tertiary/aromatic N) is 3. The Morgan fingerprint density at radius 1 is 1.26 bits per heavy atom. The summed E-state index contributed by atoms with van der Waals surface area (Å²) in [5.41, 5.74) is -2.03. The predicted octanol–water partition coefficient (Wildman–Crippen LogP) is 5.48. The average molecular weight is 472 g/mol. The molecule has 0 spiro atoms. The van der Waals surface area contributed by atoms with Crippen LogP contribution < -0.4 is 5.32 Å². The number of nitrogens with one attached hydrogen (secondary N) is 2. The second-order valence-corrected chi connectivity index (χ2v) is 9.00. The van der Waals surface area contributed by atoms with Gasteiger partial charge in [0, 0.05) is 18.4 Å². The van der Waals surface area contributed by atoms with Crippen LogP contribution in [0.1, 0.15) is 23.9 Å². The lowest BCUT2D eigenvalue weighted by Gasteiger charge is -2.40. The molecular formula is C20H18ClF4N5S. The summed E-state index contributed by atoms with van der Waals surface area (Å²) in [5.74, 6) is 0.0440. The Labute approximate surface area is 185 Å². The van der Waals surface area contributed by atoms with Gasteiger partial charge in [0.05, 0.1) is 27.3 Å². The quantitative estimate of drug-likeness (QED) is 0.384. The normalized spacial score (nSPS) is 19.7. The molecule has 2 N–H and O–H groups in total.